The smallest absolute Gasteiger partial charge is 0.184 e. The van der Waals surface area contributed by atoms with Crippen molar-refractivity contribution in [1.82, 2.24) is 14.0 Å². The molecular weight excluding hydrogens is 215 g/mol. The first-order valence-corrected chi connectivity index (χ1v) is 2.87. The fourth-order valence-corrected chi connectivity index (χ4v) is 0.638. The first-order valence-electron chi connectivity index (χ1n) is 2.16. The SMILES string of the molecule is FC(F)(F)c1cn(Br)nn1. The molecule has 0 radical (unpaired) electrons. The highest BCUT2D eigenvalue weighted by molar-refractivity contribution is 9.08. The van der Waals surface area contributed by atoms with Crippen molar-refractivity contribution in [2.45, 2.75) is 6.18 Å². The summed E-state index contributed by atoms with van der Waals surface area (Å²) < 4.78 is 35.8. The van der Waals surface area contributed by atoms with Crippen LogP contribution in [0.1, 0.15) is 5.69 Å². The summed E-state index contributed by atoms with van der Waals surface area (Å²) in [5.41, 5.74) is -1.01. The molecule has 0 N–H and O–H groups in total. The van der Waals surface area contributed by atoms with Gasteiger partial charge in [0.15, 0.2) is 5.69 Å². The minimum Gasteiger partial charge on any atom is -0.184 e. The lowest BCUT2D eigenvalue weighted by Crippen LogP contribution is -2.04. The zero-order chi connectivity index (χ0) is 7.78. The normalized spacial score (nSPS) is 12.0. The Balaban J connectivity index is 2.96. The van der Waals surface area contributed by atoms with E-state index in [4.69, 9.17) is 0 Å². The van der Waals surface area contributed by atoms with Gasteiger partial charge in [-0.05, 0) is 0 Å². The summed E-state index contributed by atoms with van der Waals surface area (Å²) in [7, 11) is 0. The van der Waals surface area contributed by atoms with Crippen LogP contribution in [0.2, 0.25) is 0 Å². The minimum absolute atomic E-state index is 0.736. The Morgan fingerprint density at radius 2 is 2.10 bits per heavy atom. The minimum atomic E-state index is -4.41. The molecule has 0 spiro atoms. The van der Waals surface area contributed by atoms with Crippen LogP contribution in [0.15, 0.2) is 6.20 Å². The summed E-state index contributed by atoms with van der Waals surface area (Å²) in [5, 5.41) is 5.87. The number of halogens is 4. The van der Waals surface area contributed by atoms with E-state index in [0.717, 1.165) is 9.90 Å². The maximum atomic E-state index is 11.7. The molecule has 0 atom stereocenters. The first kappa shape index (κ1) is 7.52. The van der Waals surface area contributed by atoms with E-state index in [1.54, 1.807) is 0 Å². The van der Waals surface area contributed by atoms with Gasteiger partial charge < -0.3 is 0 Å². The topological polar surface area (TPSA) is 30.7 Å². The van der Waals surface area contributed by atoms with Crippen molar-refractivity contribution >= 4 is 16.1 Å². The molecule has 0 bridgehead atoms. The molecule has 0 unspecified atom stereocenters. The third-order valence-corrected chi connectivity index (χ3v) is 1.10. The highest BCUT2D eigenvalue weighted by Gasteiger charge is 2.34. The Labute approximate surface area is 62.2 Å². The predicted octanol–water partition coefficient (Wildman–Crippen LogP) is 1.45. The Bertz CT molecular complexity index is 229. The van der Waals surface area contributed by atoms with E-state index < -0.39 is 11.9 Å². The number of hydrogen-bond acceptors (Lipinski definition) is 2. The van der Waals surface area contributed by atoms with Crippen molar-refractivity contribution in [2.24, 2.45) is 0 Å². The number of rotatable bonds is 0. The summed E-state index contributed by atoms with van der Waals surface area (Å²) in [5.74, 6) is 0. The lowest BCUT2D eigenvalue weighted by atomic mass is 10.5. The van der Waals surface area contributed by atoms with Gasteiger partial charge in [-0.3, -0.25) is 0 Å². The Morgan fingerprint density at radius 3 is 2.30 bits per heavy atom. The van der Waals surface area contributed by atoms with E-state index in [-0.39, 0.29) is 0 Å². The van der Waals surface area contributed by atoms with Crippen LogP contribution >= 0.6 is 16.1 Å². The molecule has 0 aliphatic carbocycles. The third kappa shape index (κ3) is 1.47. The highest BCUT2D eigenvalue weighted by atomic mass is 79.9. The van der Waals surface area contributed by atoms with E-state index in [1.165, 1.54) is 0 Å². The molecule has 0 aliphatic rings. The molecule has 1 heterocycles. The fourth-order valence-electron chi connectivity index (χ4n) is 0.373. The first-order chi connectivity index (χ1) is 4.50. The van der Waals surface area contributed by atoms with Crippen molar-refractivity contribution in [3.8, 4) is 0 Å². The van der Waals surface area contributed by atoms with E-state index in [1.807, 2.05) is 0 Å². The molecule has 56 valence electrons. The number of hydrogen-bond donors (Lipinski definition) is 0. The van der Waals surface area contributed by atoms with E-state index >= 15 is 0 Å². The van der Waals surface area contributed by atoms with Crippen LogP contribution < -0.4 is 0 Å². The second kappa shape index (κ2) is 2.22. The molecule has 0 saturated carbocycles. The van der Waals surface area contributed by atoms with Crippen LogP contribution in [0.25, 0.3) is 0 Å². The van der Waals surface area contributed by atoms with Gasteiger partial charge in [0.05, 0.1) is 22.3 Å². The number of aromatic nitrogens is 3. The average Bonchev–Trinajstić information content (AvgIpc) is 2.11. The standard InChI is InChI=1S/C3HBrF3N3/c4-10-1-2(8-9-10)3(5,6)7/h1H. The zero-order valence-electron chi connectivity index (χ0n) is 4.43. The molecule has 0 saturated heterocycles. The summed E-state index contributed by atoms with van der Waals surface area (Å²) >= 11 is 2.67. The molecule has 0 aliphatic heterocycles. The van der Waals surface area contributed by atoms with Crippen molar-refractivity contribution < 1.29 is 13.2 Å². The van der Waals surface area contributed by atoms with E-state index in [2.05, 4.69) is 26.5 Å². The van der Waals surface area contributed by atoms with Crippen molar-refractivity contribution in [3.63, 3.8) is 0 Å². The van der Waals surface area contributed by atoms with Crippen LogP contribution in [-0.4, -0.2) is 14.0 Å². The summed E-state index contributed by atoms with van der Waals surface area (Å²) in [6.07, 6.45) is -3.67. The van der Waals surface area contributed by atoms with Crippen LogP contribution in [0.3, 0.4) is 0 Å². The highest BCUT2D eigenvalue weighted by Crippen LogP contribution is 2.26. The Kier molecular flexibility index (Phi) is 1.67. The van der Waals surface area contributed by atoms with Crippen molar-refractivity contribution in [1.29, 1.82) is 0 Å². The molecule has 3 nitrogen and oxygen atoms in total. The van der Waals surface area contributed by atoms with E-state index in [0.29, 0.717) is 0 Å². The Morgan fingerprint density at radius 1 is 1.50 bits per heavy atom. The number of nitrogens with zero attached hydrogens (tertiary/aromatic N) is 3. The maximum Gasteiger partial charge on any atom is 0.436 e. The lowest BCUT2D eigenvalue weighted by Gasteiger charge is -1.97. The third-order valence-electron chi connectivity index (χ3n) is 0.757. The van der Waals surface area contributed by atoms with E-state index in [9.17, 15) is 13.2 Å². The van der Waals surface area contributed by atoms with Crippen LogP contribution in [0.4, 0.5) is 13.2 Å². The largest absolute Gasteiger partial charge is 0.436 e. The van der Waals surface area contributed by atoms with Gasteiger partial charge >= 0.3 is 6.18 Å². The van der Waals surface area contributed by atoms with Crippen molar-refractivity contribution in [2.75, 3.05) is 0 Å². The summed E-state index contributed by atoms with van der Waals surface area (Å²) in [6, 6.07) is 0. The molecule has 1 aromatic rings. The Hall–Kier alpha value is -0.590. The van der Waals surface area contributed by atoms with Gasteiger partial charge in [0.2, 0.25) is 0 Å². The molecule has 1 rings (SSSR count). The van der Waals surface area contributed by atoms with Crippen LogP contribution in [-0.2, 0) is 6.18 Å². The number of alkyl halides is 3. The molecule has 0 fully saturated rings. The lowest BCUT2D eigenvalue weighted by molar-refractivity contribution is -0.141. The maximum absolute atomic E-state index is 11.7. The molecule has 0 amide bonds. The van der Waals surface area contributed by atoms with Gasteiger partial charge in [-0.2, -0.15) is 16.9 Å². The average molecular weight is 216 g/mol. The molecule has 10 heavy (non-hydrogen) atoms. The molecular formula is C3HBrF3N3. The molecule has 7 heteroatoms. The van der Waals surface area contributed by atoms with Gasteiger partial charge in [0, 0.05) is 0 Å². The molecule has 0 aromatic carbocycles. The zero-order valence-corrected chi connectivity index (χ0v) is 6.02. The van der Waals surface area contributed by atoms with Crippen LogP contribution in [0.5, 0.6) is 0 Å². The summed E-state index contributed by atoms with van der Waals surface area (Å²) in [4.78, 5) is 0. The monoisotopic (exact) mass is 215 g/mol. The van der Waals surface area contributed by atoms with Crippen LogP contribution in [0, 0.1) is 0 Å². The predicted molar refractivity (Wildman–Crippen MR) is 29.3 cm³/mol. The quantitative estimate of drug-likeness (QED) is 0.657. The second-order valence-corrected chi connectivity index (χ2v) is 2.22. The van der Waals surface area contributed by atoms with Gasteiger partial charge in [-0.15, -0.1) is 5.10 Å². The summed E-state index contributed by atoms with van der Waals surface area (Å²) in [6.45, 7) is 0. The van der Waals surface area contributed by atoms with Crippen molar-refractivity contribution in [3.05, 3.63) is 11.9 Å². The molecule has 1 aromatic heterocycles. The second-order valence-electron chi connectivity index (χ2n) is 1.49. The fraction of sp³-hybridized carbons (Fsp3) is 0.333. The van der Waals surface area contributed by atoms with Gasteiger partial charge in [-0.25, -0.2) is 0 Å². The van der Waals surface area contributed by atoms with Gasteiger partial charge in [0.25, 0.3) is 0 Å². The van der Waals surface area contributed by atoms with Gasteiger partial charge in [-0.1, -0.05) is 5.21 Å². The van der Waals surface area contributed by atoms with Gasteiger partial charge in [0.1, 0.15) is 0 Å².